The molecule has 0 saturated carbocycles. The maximum absolute atomic E-state index is 6.06. The Morgan fingerprint density at radius 3 is 2.30 bits per heavy atom. The first-order valence-electron chi connectivity index (χ1n) is 7.00. The van der Waals surface area contributed by atoms with Crippen molar-refractivity contribution in [2.75, 3.05) is 0 Å². The second-order valence-corrected chi connectivity index (χ2v) is 5.17. The molecule has 4 aromatic rings. The Hall–Kier alpha value is -2.92. The number of rotatable bonds is 3. The zero-order valence-electron chi connectivity index (χ0n) is 11.9. The number of fused-ring (bicyclic) bond motifs is 1. The smallest absolute Gasteiger partial charge is 0.252 e. The number of nitrogens with zero attached hydrogens (tertiary/aromatic N) is 4. The van der Waals surface area contributed by atoms with E-state index in [1.54, 1.807) is 6.33 Å². The number of halogens is 1. The van der Waals surface area contributed by atoms with E-state index < -0.39 is 0 Å². The molecule has 2 aromatic carbocycles. The number of aromatic nitrogens is 4. The van der Waals surface area contributed by atoms with Crippen molar-refractivity contribution < 1.29 is 4.74 Å². The zero-order valence-corrected chi connectivity index (χ0v) is 12.7. The van der Waals surface area contributed by atoms with Crippen LogP contribution in [0.3, 0.4) is 0 Å². The molecule has 5 nitrogen and oxygen atoms in total. The van der Waals surface area contributed by atoms with Crippen molar-refractivity contribution in [3.8, 4) is 17.3 Å². The summed E-state index contributed by atoms with van der Waals surface area (Å²) in [6.45, 7) is 0. The Bertz CT molecular complexity index is 954. The van der Waals surface area contributed by atoms with Crippen LogP contribution in [0.2, 0.25) is 5.28 Å². The van der Waals surface area contributed by atoms with Gasteiger partial charge in [-0.25, -0.2) is 4.98 Å². The molecule has 0 fully saturated rings. The lowest BCUT2D eigenvalue weighted by molar-refractivity contribution is 0.467. The first-order chi connectivity index (χ1) is 11.3. The van der Waals surface area contributed by atoms with Crippen molar-refractivity contribution in [1.82, 2.24) is 19.5 Å². The Morgan fingerprint density at radius 2 is 1.57 bits per heavy atom. The van der Waals surface area contributed by atoms with Gasteiger partial charge in [0.1, 0.15) is 12.1 Å². The maximum atomic E-state index is 6.06. The van der Waals surface area contributed by atoms with E-state index in [4.69, 9.17) is 16.3 Å². The third-order valence-corrected chi connectivity index (χ3v) is 3.50. The fourth-order valence-corrected chi connectivity index (χ4v) is 2.45. The number of hydrogen-bond donors (Lipinski definition) is 0. The SMILES string of the molecule is Clc1nc(Oc2ccccc2)c2ncn(-c3ccccc3)c2n1. The summed E-state index contributed by atoms with van der Waals surface area (Å²) in [6, 6.07) is 19.2. The van der Waals surface area contributed by atoms with Gasteiger partial charge in [-0.15, -0.1) is 0 Å². The van der Waals surface area contributed by atoms with Crippen molar-refractivity contribution in [2.24, 2.45) is 0 Å². The molecule has 0 unspecified atom stereocenters. The molecule has 0 bridgehead atoms. The number of ether oxygens (including phenoxy) is 1. The summed E-state index contributed by atoms with van der Waals surface area (Å²) in [5.41, 5.74) is 2.10. The lowest BCUT2D eigenvalue weighted by Gasteiger charge is -2.06. The standard InChI is InChI=1S/C17H11ClN4O/c18-17-20-15-14(16(21-17)23-13-9-5-2-6-10-13)19-11-22(15)12-7-3-1-4-8-12/h1-11H. The van der Waals surface area contributed by atoms with Crippen LogP contribution in [0, 0.1) is 0 Å². The predicted molar refractivity (Wildman–Crippen MR) is 88.2 cm³/mol. The Balaban J connectivity index is 1.85. The van der Waals surface area contributed by atoms with Crippen molar-refractivity contribution >= 4 is 22.8 Å². The van der Waals surface area contributed by atoms with Crippen LogP contribution < -0.4 is 4.74 Å². The fraction of sp³-hybridized carbons (Fsp3) is 0. The molecule has 4 rings (SSSR count). The molecule has 6 heteroatoms. The average Bonchev–Trinajstić information content (AvgIpc) is 3.00. The van der Waals surface area contributed by atoms with Crippen LogP contribution >= 0.6 is 11.6 Å². The van der Waals surface area contributed by atoms with E-state index in [0.29, 0.717) is 22.8 Å². The average molecular weight is 323 g/mol. The van der Waals surface area contributed by atoms with Crippen molar-refractivity contribution in [3.05, 3.63) is 72.3 Å². The molecule has 0 amide bonds. The normalized spacial score (nSPS) is 10.8. The highest BCUT2D eigenvalue weighted by molar-refractivity contribution is 6.28. The molecule has 0 spiro atoms. The second kappa shape index (κ2) is 5.70. The van der Waals surface area contributed by atoms with Gasteiger partial charge in [0.25, 0.3) is 5.88 Å². The van der Waals surface area contributed by atoms with E-state index in [1.165, 1.54) is 0 Å². The highest BCUT2D eigenvalue weighted by Crippen LogP contribution is 2.28. The highest BCUT2D eigenvalue weighted by Gasteiger charge is 2.15. The Labute approximate surface area is 137 Å². The molecule has 0 aliphatic rings. The Morgan fingerprint density at radius 1 is 0.870 bits per heavy atom. The fourth-order valence-electron chi connectivity index (χ4n) is 2.30. The number of benzene rings is 2. The highest BCUT2D eigenvalue weighted by atomic mass is 35.5. The van der Waals surface area contributed by atoms with Crippen LogP contribution in [-0.4, -0.2) is 19.5 Å². The summed E-state index contributed by atoms with van der Waals surface area (Å²) in [5.74, 6) is 0.999. The molecular formula is C17H11ClN4O. The number of imidazole rings is 1. The molecule has 0 aliphatic heterocycles. The summed E-state index contributed by atoms with van der Waals surface area (Å²) in [4.78, 5) is 12.8. The quantitative estimate of drug-likeness (QED) is 0.529. The van der Waals surface area contributed by atoms with Gasteiger partial charge in [-0.3, -0.25) is 4.57 Å². The Kier molecular flexibility index (Phi) is 3.40. The molecule has 0 radical (unpaired) electrons. The summed E-state index contributed by atoms with van der Waals surface area (Å²) < 4.78 is 7.66. The van der Waals surface area contributed by atoms with Gasteiger partial charge in [-0.2, -0.15) is 9.97 Å². The van der Waals surface area contributed by atoms with Crippen molar-refractivity contribution in [3.63, 3.8) is 0 Å². The molecule has 23 heavy (non-hydrogen) atoms. The third-order valence-electron chi connectivity index (χ3n) is 3.33. The monoisotopic (exact) mass is 322 g/mol. The lowest BCUT2D eigenvalue weighted by atomic mass is 10.3. The first kappa shape index (κ1) is 13.7. The van der Waals surface area contributed by atoms with Gasteiger partial charge in [0.2, 0.25) is 5.28 Å². The van der Waals surface area contributed by atoms with E-state index in [-0.39, 0.29) is 5.28 Å². The minimum Gasteiger partial charge on any atom is -0.437 e. The molecule has 0 aliphatic carbocycles. The topological polar surface area (TPSA) is 52.8 Å². The van der Waals surface area contributed by atoms with E-state index in [1.807, 2.05) is 65.2 Å². The molecule has 2 aromatic heterocycles. The first-order valence-corrected chi connectivity index (χ1v) is 7.38. The number of hydrogen-bond acceptors (Lipinski definition) is 4. The number of para-hydroxylation sites is 2. The van der Waals surface area contributed by atoms with Crippen LogP contribution in [0.5, 0.6) is 11.6 Å². The van der Waals surface area contributed by atoms with Crippen molar-refractivity contribution in [2.45, 2.75) is 0 Å². The van der Waals surface area contributed by atoms with Crippen LogP contribution in [0.15, 0.2) is 67.0 Å². The molecule has 0 N–H and O–H groups in total. The van der Waals surface area contributed by atoms with Gasteiger partial charge in [0.15, 0.2) is 11.2 Å². The van der Waals surface area contributed by atoms with Gasteiger partial charge in [0.05, 0.1) is 0 Å². The lowest BCUT2D eigenvalue weighted by Crippen LogP contribution is -1.97. The van der Waals surface area contributed by atoms with Gasteiger partial charge < -0.3 is 4.74 Å². The molecule has 112 valence electrons. The van der Waals surface area contributed by atoms with Crippen LogP contribution in [0.1, 0.15) is 0 Å². The van der Waals surface area contributed by atoms with Gasteiger partial charge in [0, 0.05) is 5.69 Å². The van der Waals surface area contributed by atoms with Crippen molar-refractivity contribution in [1.29, 1.82) is 0 Å². The molecule has 2 heterocycles. The van der Waals surface area contributed by atoms with Gasteiger partial charge in [-0.05, 0) is 35.9 Å². The third kappa shape index (κ3) is 2.62. The minimum atomic E-state index is 0.112. The molecule has 0 atom stereocenters. The van der Waals surface area contributed by atoms with Crippen LogP contribution in [0.25, 0.3) is 16.9 Å². The van der Waals surface area contributed by atoms with Crippen LogP contribution in [-0.2, 0) is 0 Å². The summed E-state index contributed by atoms with van der Waals surface area (Å²) in [5, 5.41) is 0.112. The predicted octanol–water partition coefficient (Wildman–Crippen LogP) is 4.26. The molecular weight excluding hydrogens is 312 g/mol. The molecule has 0 saturated heterocycles. The maximum Gasteiger partial charge on any atom is 0.252 e. The summed E-state index contributed by atoms with van der Waals surface area (Å²) in [7, 11) is 0. The van der Waals surface area contributed by atoms with E-state index in [9.17, 15) is 0 Å². The van der Waals surface area contributed by atoms with E-state index >= 15 is 0 Å². The van der Waals surface area contributed by atoms with Gasteiger partial charge >= 0.3 is 0 Å². The minimum absolute atomic E-state index is 0.112. The second-order valence-electron chi connectivity index (χ2n) is 4.84. The van der Waals surface area contributed by atoms with E-state index in [0.717, 1.165) is 5.69 Å². The van der Waals surface area contributed by atoms with E-state index in [2.05, 4.69) is 15.0 Å². The summed E-state index contributed by atoms with van der Waals surface area (Å²) >= 11 is 6.06. The van der Waals surface area contributed by atoms with Gasteiger partial charge in [-0.1, -0.05) is 36.4 Å². The summed E-state index contributed by atoms with van der Waals surface area (Å²) in [6.07, 6.45) is 1.68. The largest absolute Gasteiger partial charge is 0.437 e. The zero-order chi connectivity index (χ0) is 15.6. The van der Waals surface area contributed by atoms with Crippen LogP contribution in [0.4, 0.5) is 0 Å².